The summed E-state index contributed by atoms with van der Waals surface area (Å²) in [7, 11) is 2.40. The van der Waals surface area contributed by atoms with Crippen molar-refractivity contribution in [1.82, 2.24) is 9.13 Å². The molecule has 10 nitrogen and oxygen atoms in total. The van der Waals surface area contributed by atoms with E-state index in [9.17, 15) is 19.6 Å². The Morgan fingerprint density at radius 2 is 1.58 bits per heavy atom. The number of carbonyl (C=O) groups excluding carboxylic acids is 2. The first kappa shape index (κ1) is 26.3. The highest BCUT2D eigenvalue weighted by Crippen LogP contribution is 2.44. The van der Waals surface area contributed by atoms with Gasteiger partial charge in [-0.25, -0.2) is 14.4 Å². The van der Waals surface area contributed by atoms with E-state index < -0.39 is 17.9 Å². The van der Waals surface area contributed by atoms with Crippen molar-refractivity contribution in [3.8, 4) is 6.07 Å². The molecular formula is C28H29N5O5. The summed E-state index contributed by atoms with van der Waals surface area (Å²) in [4.78, 5) is 41.0. The van der Waals surface area contributed by atoms with E-state index in [0.717, 1.165) is 5.52 Å². The van der Waals surface area contributed by atoms with Gasteiger partial charge in [-0.2, -0.15) is 5.26 Å². The Hall–Kier alpha value is -4.78. The summed E-state index contributed by atoms with van der Waals surface area (Å²) in [5.74, 6) is -2.62. The third kappa shape index (κ3) is 3.93. The Morgan fingerprint density at radius 1 is 1.00 bits per heavy atom. The molecule has 3 aromatic rings. The van der Waals surface area contributed by atoms with Crippen molar-refractivity contribution in [1.29, 1.82) is 5.26 Å². The summed E-state index contributed by atoms with van der Waals surface area (Å²) in [5, 5.41) is 10.3. The van der Waals surface area contributed by atoms with Crippen LogP contribution in [0.25, 0.3) is 11.0 Å². The normalized spacial score (nSPS) is 15.6. The third-order valence-corrected chi connectivity index (χ3v) is 6.82. The van der Waals surface area contributed by atoms with Crippen LogP contribution in [-0.2, 0) is 32.2 Å². The van der Waals surface area contributed by atoms with Gasteiger partial charge in [0, 0.05) is 13.1 Å². The molecule has 38 heavy (non-hydrogen) atoms. The van der Waals surface area contributed by atoms with Crippen LogP contribution in [-0.4, -0.2) is 35.3 Å². The molecule has 0 radical (unpaired) electrons. The highest BCUT2D eigenvalue weighted by Gasteiger charge is 2.43. The Morgan fingerprint density at radius 3 is 2.11 bits per heavy atom. The fourth-order valence-electron chi connectivity index (χ4n) is 5.07. The van der Waals surface area contributed by atoms with Crippen LogP contribution in [0.2, 0.25) is 0 Å². The Labute approximate surface area is 219 Å². The molecule has 0 saturated carbocycles. The second-order valence-electron chi connectivity index (χ2n) is 8.73. The molecule has 1 aromatic heterocycles. The first-order valence-corrected chi connectivity index (χ1v) is 12.1. The molecule has 1 aliphatic heterocycles. The fraction of sp³-hybridized carbons (Fsp3) is 0.286. The van der Waals surface area contributed by atoms with Gasteiger partial charge in [0.25, 0.3) is 0 Å². The zero-order valence-electron chi connectivity index (χ0n) is 21.9. The molecule has 0 amide bonds. The molecule has 2 N–H and O–H groups in total. The molecule has 1 aliphatic rings. The number of carbonyl (C=O) groups is 2. The lowest BCUT2D eigenvalue weighted by Gasteiger charge is -2.36. The smallest absolute Gasteiger partial charge is 0.355 e. The number of aromatic nitrogens is 2. The Bertz CT molecular complexity index is 1600. The predicted molar refractivity (Wildman–Crippen MR) is 142 cm³/mol. The standard InChI is InChI=1S/C28H29N5O5/c1-6-31-20-13-16(3)19(14-21(20)32(7-2)28(31)36)33-24(27(35)38-5)23(26(34)37-4)22(18(15-29)25(33)30)17-11-9-8-10-12-17/h8-14,22H,6-7,30H2,1-5H3. The number of hydrogen-bond acceptors (Lipinski definition) is 8. The lowest BCUT2D eigenvalue weighted by Crippen LogP contribution is -2.41. The van der Waals surface area contributed by atoms with Crippen molar-refractivity contribution in [2.45, 2.75) is 39.8 Å². The van der Waals surface area contributed by atoms with E-state index in [1.165, 1.54) is 19.1 Å². The summed E-state index contributed by atoms with van der Waals surface area (Å²) in [6, 6.07) is 14.5. The summed E-state index contributed by atoms with van der Waals surface area (Å²) in [6.45, 7) is 6.45. The van der Waals surface area contributed by atoms with Gasteiger partial charge in [-0.05, 0) is 44.0 Å². The van der Waals surface area contributed by atoms with Gasteiger partial charge < -0.3 is 15.2 Å². The van der Waals surface area contributed by atoms with E-state index in [1.54, 1.807) is 52.5 Å². The molecular weight excluding hydrogens is 486 g/mol. The quantitative estimate of drug-likeness (QED) is 0.496. The van der Waals surface area contributed by atoms with Crippen LogP contribution in [0.3, 0.4) is 0 Å². The van der Waals surface area contributed by atoms with Crippen LogP contribution >= 0.6 is 0 Å². The molecule has 2 aromatic carbocycles. The van der Waals surface area contributed by atoms with Gasteiger partial charge >= 0.3 is 17.6 Å². The van der Waals surface area contributed by atoms with Gasteiger partial charge in [-0.15, -0.1) is 0 Å². The lowest BCUT2D eigenvalue weighted by molar-refractivity contribution is -0.139. The predicted octanol–water partition coefficient (Wildman–Crippen LogP) is 3.05. The molecule has 1 unspecified atom stereocenters. The Balaban J connectivity index is 2.14. The number of imidazole rings is 1. The topological polar surface area (TPSA) is 133 Å². The highest BCUT2D eigenvalue weighted by atomic mass is 16.5. The first-order valence-electron chi connectivity index (χ1n) is 12.1. The average molecular weight is 516 g/mol. The molecule has 2 heterocycles. The monoisotopic (exact) mass is 515 g/mol. The number of nitrogens with two attached hydrogens (primary N) is 1. The van der Waals surface area contributed by atoms with Crippen LogP contribution in [0.15, 0.2) is 69.9 Å². The summed E-state index contributed by atoms with van der Waals surface area (Å²) < 4.78 is 13.5. The van der Waals surface area contributed by atoms with Crippen LogP contribution < -0.4 is 16.3 Å². The molecule has 0 saturated heterocycles. The van der Waals surface area contributed by atoms with Gasteiger partial charge in [0.2, 0.25) is 0 Å². The number of fused-ring (bicyclic) bond motifs is 1. The molecule has 0 aliphatic carbocycles. The maximum atomic E-state index is 13.4. The maximum Gasteiger partial charge on any atom is 0.355 e. The summed E-state index contributed by atoms with van der Waals surface area (Å²) in [6.07, 6.45) is 0. The average Bonchev–Trinajstić information content (AvgIpc) is 3.20. The van der Waals surface area contributed by atoms with Crippen molar-refractivity contribution >= 4 is 28.7 Å². The molecule has 1 atom stereocenters. The SMILES string of the molecule is CCn1c(=O)n(CC)c2cc(N3C(N)=C(C#N)C(c4ccccc4)C(C(=O)OC)=C3C(=O)OC)c(C)cc21. The van der Waals surface area contributed by atoms with Crippen LogP contribution in [0.4, 0.5) is 5.69 Å². The number of nitriles is 1. The number of allylic oxidation sites excluding steroid dienone is 1. The van der Waals surface area contributed by atoms with E-state index in [0.29, 0.717) is 35.4 Å². The van der Waals surface area contributed by atoms with Crippen molar-refractivity contribution in [3.05, 3.63) is 86.7 Å². The molecule has 10 heteroatoms. The number of nitrogens with zero attached hydrogens (tertiary/aromatic N) is 4. The minimum Gasteiger partial charge on any atom is -0.466 e. The van der Waals surface area contributed by atoms with Crippen molar-refractivity contribution in [2.75, 3.05) is 19.1 Å². The highest BCUT2D eigenvalue weighted by molar-refractivity contribution is 6.07. The maximum absolute atomic E-state index is 13.4. The number of hydrogen-bond donors (Lipinski definition) is 1. The molecule has 196 valence electrons. The van der Waals surface area contributed by atoms with Crippen molar-refractivity contribution in [2.24, 2.45) is 5.73 Å². The Kier molecular flexibility index (Phi) is 7.12. The summed E-state index contributed by atoms with van der Waals surface area (Å²) >= 11 is 0. The fourth-order valence-corrected chi connectivity index (χ4v) is 5.07. The van der Waals surface area contributed by atoms with Gasteiger partial charge in [0.1, 0.15) is 11.5 Å². The number of benzene rings is 2. The van der Waals surface area contributed by atoms with Crippen molar-refractivity contribution in [3.63, 3.8) is 0 Å². The van der Waals surface area contributed by atoms with Gasteiger partial charge in [-0.1, -0.05) is 30.3 Å². The number of anilines is 1. The van der Waals surface area contributed by atoms with E-state index in [2.05, 4.69) is 6.07 Å². The van der Waals surface area contributed by atoms with E-state index in [1.807, 2.05) is 19.9 Å². The molecule has 0 fully saturated rings. The van der Waals surface area contributed by atoms with Crippen molar-refractivity contribution < 1.29 is 19.1 Å². The van der Waals surface area contributed by atoms with E-state index in [4.69, 9.17) is 15.2 Å². The number of ether oxygens (including phenoxy) is 2. The second-order valence-corrected chi connectivity index (χ2v) is 8.73. The second kappa shape index (κ2) is 10.3. The number of esters is 2. The first-order chi connectivity index (χ1) is 18.2. The molecule has 4 rings (SSSR count). The number of aryl methyl sites for hydroxylation is 3. The summed E-state index contributed by atoms with van der Waals surface area (Å²) in [5.41, 5.74) is 9.33. The van der Waals surface area contributed by atoms with Gasteiger partial charge in [0.05, 0.1) is 54.1 Å². The molecule has 0 bridgehead atoms. The largest absolute Gasteiger partial charge is 0.466 e. The van der Waals surface area contributed by atoms with Crippen LogP contribution in [0, 0.1) is 18.3 Å². The lowest BCUT2D eigenvalue weighted by atomic mass is 9.80. The van der Waals surface area contributed by atoms with Gasteiger partial charge in [-0.3, -0.25) is 14.0 Å². The van der Waals surface area contributed by atoms with E-state index >= 15 is 0 Å². The number of rotatable bonds is 6. The van der Waals surface area contributed by atoms with Gasteiger partial charge in [0.15, 0.2) is 0 Å². The zero-order valence-corrected chi connectivity index (χ0v) is 21.9. The minimum atomic E-state index is -0.960. The van der Waals surface area contributed by atoms with E-state index in [-0.39, 0.29) is 28.4 Å². The van der Waals surface area contributed by atoms with Crippen LogP contribution in [0.5, 0.6) is 0 Å². The minimum absolute atomic E-state index is 0.0304. The van der Waals surface area contributed by atoms with Crippen LogP contribution in [0.1, 0.15) is 30.9 Å². The third-order valence-electron chi connectivity index (χ3n) is 6.82. The molecule has 0 spiro atoms. The number of methoxy groups -OCH3 is 2. The zero-order chi connectivity index (χ0) is 27.7.